The zero-order valence-electron chi connectivity index (χ0n) is 28.5. The Bertz CT molecular complexity index is 1370. The molecule has 0 saturated heterocycles. The summed E-state index contributed by atoms with van der Waals surface area (Å²) in [6.07, 6.45) is 2.49. The van der Waals surface area contributed by atoms with Gasteiger partial charge in [-0.05, 0) is 39.2 Å². The van der Waals surface area contributed by atoms with Gasteiger partial charge in [0.1, 0.15) is 42.3 Å². The summed E-state index contributed by atoms with van der Waals surface area (Å²) in [4.78, 5) is 108. The van der Waals surface area contributed by atoms with E-state index < -0.39 is 103 Å². The van der Waals surface area contributed by atoms with Crippen molar-refractivity contribution in [3.05, 3.63) is 18.2 Å². The molecule has 0 aliphatic rings. The minimum absolute atomic E-state index is 0.0304. The van der Waals surface area contributed by atoms with Crippen molar-refractivity contribution in [2.45, 2.75) is 87.7 Å². The second kappa shape index (κ2) is 23.6. The van der Waals surface area contributed by atoms with Crippen LogP contribution in [0.1, 0.15) is 44.7 Å². The first kappa shape index (κ1) is 45.2. The highest BCUT2D eigenvalue weighted by Crippen LogP contribution is 2.07. The molecule has 0 unspecified atom stereocenters. The number of nitrogens with two attached hydrogens (primary N) is 3. The first-order valence-electron chi connectivity index (χ1n) is 16.2. The molecular formula is C29H49N11O11S. The van der Waals surface area contributed by atoms with Crippen molar-refractivity contribution in [1.29, 1.82) is 0 Å². The molecule has 0 aromatic carbocycles. The number of aliphatic carboxylic acids is 1. The molecule has 23 heteroatoms. The van der Waals surface area contributed by atoms with E-state index in [9.17, 15) is 48.6 Å². The van der Waals surface area contributed by atoms with Crippen molar-refractivity contribution < 1.29 is 53.7 Å². The van der Waals surface area contributed by atoms with E-state index >= 15 is 0 Å². The molecule has 0 aliphatic heterocycles. The second-order valence-electron chi connectivity index (χ2n) is 11.6. The summed E-state index contributed by atoms with van der Waals surface area (Å²) in [7, 11) is 0. The lowest BCUT2D eigenvalue weighted by Crippen LogP contribution is -2.60. The number of primary amides is 1. The molecule has 0 spiro atoms. The first-order valence-corrected chi connectivity index (χ1v) is 16.8. The number of carboxylic acids is 1. The summed E-state index contributed by atoms with van der Waals surface area (Å²) in [5, 5.41) is 42.2. The number of rotatable bonds is 25. The van der Waals surface area contributed by atoms with Gasteiger partial charge in [-0.25, -0.2) is 4.98 Å². The number of nitrogens with zero attached hydrogens (tertiary/aromatic N) is 1. The van der Waals surface area contributed by atoms with Gasteiger partial charge in [0.05, 0.1) is 19.5 Å². The van der Waals surface area contributed by atoms with Crippen molar-refractivity contribution in [1.82, 2.24) is 41.9 Å². The molecule has 1 aromatic rings. The van der Waals surface area contributed by atoms with Crippen LogP contribution in [-0.4, -0.2) is 140 Å². The highest BCUT2D eigenvalue weighted by molar-refractivity contribution is 7.80. The SMILES string of the molecule is C[C@H](NC(=O)[C@H](Cc1cnc[nH]1)NC(=O)[C@H](CCC(N)=O)NC(=O)[C@H](CCCCN)NC(=O)[C@H](CO)NC(=O)[C@H](CS)NC(=O)[C@@H](N)CO)C(=O)O. The van der Waals surface area contributed by atoms with Gasteiger partial charge in [0, 0.05) is 30.5 Å². The van der Waals surface area contributed by atoms with Crippen LogP contribution in [-0.2, 0) is 44.8 Å². The van der Waals surface area contributed by atoms with Crippen LogP contribution in [0.25, 0.3) is 0 Å². The summed E-state index contributed by atoms with van der Waals surface area (Å²) < 4.78 is 0. The lowest BCUT2D eigenvalue weighted by Gasteiger charge is -2.27. The number of hydrogen-bond donors (Lipinski definition) is 14. The maximum atomic E-state index is 13.6. The monoisotopic (exact) mass is 759 g/mol. The fraction of sp³-hybridized carbons (Fsp3) is 0.621. The van der Waals surface area contributed by atoms with Gasteiger partial charge in [0.2, 0.25) is 41.4 Å². The number of carbonyl (C=O) groups is 8. The number of H-pyrrole nitrogens is 1. The molecule has 7 amide bonds. The number of aromatic amines is 1. The van der Waals surface area contributed by atoms with Crippen LogP contribution >= 0.6 is 12.6 Å². The Balaban J connectivity index is 3.23. The minimum Gasteiger partial charge on any atom is -0.480 e. The Morgan fingerprint density at radius 1 is 0.769 bits per heavy atom. The van der Waals surface area contributed by atoms with Crippen molar-refractivity contribution in [2.75, 3.05) is 25.5 Å². The van der Waals surface area contributed by atoms with Crippen LogP contribution in [0.4, 0.5) is 0 Å². The molecule has 0 radical (unpaired) electrons. The summed E-state index contributed by atoms with van der Waals surface area (Å²) >= 11 is 4.00. The largest absolute Gasteiger partial charge is 0.480 e. The Morgan fingerprint density at radius 2 is 1.29 bits per heavy atom. The quantitative estimate of drug-likeness (QED) is 0.0326. The molecule has 16 N–H and O–H groups in total. The van der Waals surface area contributed by atoms with Gasteiger partial charge in [0.25, 0.3) is 0 Å². The molecule has 1 aromatic heterocycles. The Hall–Kier alpha value is -4.84. The van der Waals surface area contributed by atoms with Gasteiger partial charge in [0.15, 0.2) is 0 Å². The van der Waals surface area contributed by atoms with Gasteiger partial charge in [-0.15, -0.1) is 0 Å². The highest BCUT2D eigenvalue weighted by Gasteiger charge is 2.33. The summed E-state index contributed by atoms with van der Waals surface area (Å²) in [5.41, 5.74) is 16.7. The van der Waals surface area contributed by atoms with Crippen molar-refractivity contribution in [3.63, 3.8) is 0 Å². The van der Waals surface area contributed by atoms with Crippen LogP contribution in [0, 0.1) is 0 Å². The van der Waals surface area contributed by atoms with Gasteiger partial charge < -0.3 is 69.4 Å². The van der Waals surface area contributed by atoms with E-state index in [0.29, 0.717) is 18.5 Å². The number of aliphatic hydroxyl groups is 2. The normalized spacial score (nSPS) is 15.0. The number of aliphatic hydroxyl groups excluding tert-OH is 2. The smallest absolute Gasteiger partial charge is 0.325 e. The van der Waals surface area contributed by atoms with E-state index in [-0.39, 0.29) is 38.0 Å². The molecule has 0 fully saturated rings. The predicted octanol–water partition coefficient (Wildman–Crippen LogP) is -6.40. The van der Waals surface area contributed by atoms with Gasteiger partial charge in [-0.1, -0.05) is 0 Å². The number of carbonyl (C=O) groups excluding carboxylic acids is 7. The number of unbranched alkanes of at least 4 members (excludes halogenated alkanes) is 1. The lowest BCUT2D eigenvalue weighted by molar-refractivity contribution is -0.141. The minimum atomic E-state index is -1.63. The maximum absolute atomic E-state index is 13.6. The number of thiol groups is 1. The van der Waals surface area contributed by atoms with Crippen LogP contribution in [0.3, 0.4) is 0 Å². The predicted molar refractivity (Wildman–Crippen MR) is 185 cm³/mol. The third kappa shape index (κ3) is 16.0. The molecular weight excluding hydrogens is 710 g/mol. The molecule has 292 valence electrons. The van der Waals surface area contributed by atoms with E-state index in [1.165, 1.54) is 19.4 Å². The topological polar surface area (TPSA) is 376 Å². The Kier molecular flexibility index (Phi) is 20.5. The van der Waals surface area contributed by atoms with Gasteiger partial charge in [-0.2, -0.15) is 12.6 Å². The fourth-order valence-electron chi connectivity index (χ4n) is 4.36. The summed E-state index contributed by atoms with van der Waals surface area (Å²) in [6.45, 7) is -0.205. The van der Waals surface area contributed by atoms with Crippen molar-refractivity contribution in [3.8, 4) is 0 Å². The Morgan fingerprint density at radius 3 is 1.79 bits per heavy atom. The molecule has 0 bridgehead atoms. The first-order chi connectivity index (χ1) is 24.6. The number of hydrogen-bond acceptors (Lipinski definition) is 14. The second-order valence-corrected chi connectivity index (χ2v) is 12.0. The number of nitrogens with one attached hydrogen (secondary N) is 7. The van der Waals surface area contributed by atoms with E-state index in [4.69, 9.17) is 22.3 Å². The third-order valence-corrected chi connectivity index (χ3v) is 7.76. The van der Waals surface area contributed by atoms with Crippen LogP contribution in [0.2, 0.25) is 0 Å². The third-order valence-electron chi connectivity index (χ3n) is 7.40. The fourth-order valence-corrected chi connectivity index (χ4v) is 4.61. The van der Waals surface area contributed by atoms with Gasteiger partial charge in [-0.3, -0.25) is 38.4 Å². The average Bonchev–Trinajstić information content (AvgIpc) is 3.62. The summed E-state index contributed by atoms with van der Waals surface area (Å²) in [6, 6.07) is -9.87. The highest BCUT2D eigenvalue weighted by atomic mass is 32.1. The van der Waals surface area contributed by atoms with Gasteiger partial charge >= 0.3 is 5.97 Å². The molecule has 0 saturated carbocycles. The van der Waals surface area contributed by atoms with E-state index in [2.05, 4.69) is 54.5 Å². The molecule has 1 rings (SSSR count). The van der Waals surface area contributed by atoms with E-state index in [0.717, 1.165) is 0 Å². The number of aromatic nitrogens is 2. The van der Waals surface area contributed by atoms with Crippen LogP contribution in [0.5, 0.6) is 0 Å². The van der Waals surface area contributed by atoms with Crippen molar-refractivity contribution in [2.24, 2.45) is 17.2 Å². The lowest BCUT2D eigenvalue weighted by atomic mass is 10.0. The zero-order valence-corrected chi connectivity index (χ0v) is 29.4. The standard InChI is InChI=1S/C29H49N11O11S/c1-14(29(50)51)35-26(47)19(8-15-9-33-13-34-15)38-25(46)18(5-6-22(32)43)37-24(45)17(4-2-3-7-30)36-27(48)20(11-42)39-28(49)21(12-52)40-23(44)16(31)10-41/h9,13-14,16-21,41-42,52H,2-8,10-12,30-31H2,1H3,(H2,32,43)(H,33,34)(H,35,47)(H,36,48)(H,37,45)(H,38,46)(H,39,49)(H,40,44)(H,50,51)/t14-,16-,17-,18-,19-,20-,21-/m0/s1. The Labute approximate surface area is 303 Å². The number of imidazole rings is 1. The maximum Gasteiger partial charge on any atom is 0.325 e. The summed E-state index contributed by atoms with van der Waals surface area (Å²) in [5.74, 6) is -8.02. The number of amides is 7. The zero-order chi connectivity index (χ0) is 39.4. The van der Waals surface area contributed by atoms with E-state index in [1.807, 2.05) is 0 Å². The molecule has 0 aliphatic carbocycles. The van der Waals surface area contributed by atoms with E-state index in [1.54, 1.807) is 0 Å². The van der Waals surface area contributed by atoms with Crippen LogP contribution in [0.15, 0.2) is 12.5 Å². The number of carboxylic acid groups (broad SMARTS) is 1. The average molecular weight is 760 g/mol. The van der Waals surface area contributed by atoms with Crippen molar-refractivity contribution >= 4 is 59.9 Å². The molecule has 22 nitrogen and oxygen atoms in total. The molecule has 7 atom stereocenters. The van der Waals surface area contributed by atoms with Crippen LogP contribution < -0.4 is 49.1 Å². The molecule has 52 heavy (non-hydrogen) atoms. The molecule has 1 heterocycles.